The molecule has 1 aromatic carbocycles. The Hall–Kier alpha value is -1.95. The van der Waals surface area contributed by atoms with Crippen molar-refractivity contribution in [1.29, 1.82) is 0 Å². The Balaban J connectivity index is 2.02. The average molecular weight is 320 g/mol. The number of aryl methyl sites for hydroxylation is 1. The van der Waals surface area contributed by atoms with Crippen LogP contribution in [0.1, 0.15) is 31.4 Å². The lowest BCUT2D eigenvalue weighted by Gasteiger charge is -2.28. The molecule has 1 aliphatic heterocycles. The summed E-state index contributed by atoms with van der Waals surface area (Å²) in [6.07, 6.45) is 0.952. The van der Waals surface area contributed by atoms with E-state index in [-0.39, 0.29) is 22.5 Å². The van der Waals surface area contributed by atoms with E-state index >= 15 is 0 Å². The Bertz CT molecular complexity index is 613. The molecule has 1 heterocycles. The first-order chi connectivity index (χ1) is 10.8. The standard InChI is InChI=1S/C17H24N2O4/c1-12-9-13(5-6-15(12)19(21)22)10-18-8-7-14(11-18)17(2,3)16(20)23-4/h5-6,9,14H,7-8,10-11H2,1-4H3. The van der Waals surface area contributed by atoms with Gasteiger partial charge in [-0.15, -0.1) is 0 Å². The zero-order valence-corrected chi connectivity index (χ0v) is 14.2. The Kier molecular flexibility index (Phi) is 5.04. The number of carbonyl (C=O) groups is 1. The molecule has 0 bridgehead atoms. The molecule has 126 valence electrons. The maximum Gasteiger partial charge on any atom is 0.311 e. The van der Waals surface area contributed by atoms with E-state index in [1.165, 1.54) is 7.11 Å². The molecule has 1 aliphatic rings. The summed E-state index contributed by atoms with van der Waals surface area (Å²) in [5.74, 6) is 0.0876. The molecule has 0 amide bonds. The Morgan fingerprint density at radius 3 is 2.74 bits per heavy atom. The minimum Gasteiger partial charge on any atom is -0.469 e. The number of ether oxygens (including phenoxy) is 1. The third kappa shape index (κ3) is 3.69. The summed E-state index contributed by atoms with van der Waals surface area (Å²) in [6, 6.07) is 5.25. The summed E-state index contributed by atoms with van der Waals surface area (Å²) in [4.78, 5) is 24.7. The molecule has 0 saturated carbocycles. The molecule has 0 N–H and O–H groups in total. The third-order valence-electron chi connectivity index (χ3n) is 4.87. The lowest BCUT2D eigenvalue weighted by Crippen LogP contribution is -2.35. The number of likely N-dealkylation sites (tertiary alicyclic amines) is 1. The number of methoxy groups -OCH3 is 1. The van der Waals surface area contributed by atoms with E-state index in [2.05, 4.69) is 4.90 Å². The summed E-state index contributed by atoms with van der Waals surface area (Å²) in [5, 5.41) is 10.9. The van der Waals surface area contributed by atoms with Gasteiger partial charge in [-0.3, -0.25) is 19.8 Å². The number of hydrogen-bond acceptors (Lipinski definition) is 5. The van der Waals surface area contributed by atoms with E-state index in [1.807, 2.05) is 26.0 Å². The maximum atomic E-state index is 11.9. The summed E-state index contributed by atoms with van der Waals surface area (Å²) in [5.41, 5.74) is 1.40. The van der Waals surface area contributed by atoms with Crippen molar-refractivity contribution in [3.8, 4) is 0 Å². The van der Waals surface area contributed by atoms with Crippen LogP contribution in [0, 0.1) is 28.4 Å². The fourth-order valence-corrected chi connectivity index (χ4v) is 3.27. The minimum absolute atomic E-state index is 0.153. The van der Waals surface area contributed by atoms with Gasteiger partial charge >= 0.3 is 5.97 Å². The summed E-state index contributed by atoms with van der Waals surface area (Å²) in [6.45, 7) is 8.12. The molecule has 0 radical (unpaired) electrons. The SMILES string of the molecule is COC(=O)C(C)(C)C1CCN(Cc2ccc([N+](=O)[O-])c(C)c2)C1. The first-order valence-electron chi connectivity index (χ1n) is 7.80. The molecule has 6 nitrogen and oxygen atoms in total. The van der Waals surface area contributed by atoms with E-state index in [9.17, 15) is 14.9 Å². The van der Waals surface area contributed by atoms with Crippen molar-refractivity contribution in [2.24, 2.45) is 11.3 Å². The summed E-state index contributed by atoms with van der Waals surface area (Å²) >= 11 is 0. The van der Waals surface area contributed by atoms with Crippen LogP contribution in [0.25, 0.3) is 0 Å². The number of rotatable bonds is 5. The highest BCUT2D eigenvalue weighted by atomic mass is 16.6. The second kappa shape index (κ2) is 6.66. The monoisotopic (exact) mass is 320 g/mol. The van der Waals surface area contributed by atoms with Crippen LogP contribution in [-0.2, 0) is 16.1 Å². The molecule has 6 heteroatoms. The van der Waals surface area contributed by atoms with Gasteiger partial charge in [-0.2, -0.15) is 0 Å². The zero-order valence-electron chi connectivity index (χ0n) is 14.2. The second-order valence-electron chi connectivity index (χ2n) is 6.81. The summed E-state index contributed by atoms with van der Waals surface area (Å²) < 4.78 is 4.91. The van der Waals surface area contributed by atoms with Gasteiger partial charge in [0.1, 0.15) is 0 Å². The molecule has 0 spiro atoms. The topological polar surface area (TPSA) is 72.7 Å². The van der Waals surface area contributed by atoms with E-state index in [1.54, 1.807) is 13.0 Å². The quantitative estimate of drug-likeness (QED) is 0.474. The molecule has 1 unspecified atom stereocenters. The van der Waals surface area contributed by atoms with E-state index < -0.39 is 5.41 Å². The zero-order chi connectivity index (χ0) is 17.2. The highest BCUT2D eigenvalue weighted by Gasteiger charge is 2.41. The minimum atomic E-state index is -0.491. The Morgan fingerprint density at radius 2 is 2.17 bits per heavy atom. The Labute approximate surface area is 136 Å². The molecule has 0 aliphatic carbocycles. The van der Waals surface area contributed by atoms with Crippen LogP contribution in [0.15, 0.2) is 18.2 Å². The van der Waals surface area contributed by atoms with Gasteiger partial charge in [0.2, 0.25) is 0 Å². The van der Waals surface area contributed by atoms with Crippen LogP contribution < -0.4 is 0 Å². The smallest absolute Gasteiger partial charge is 0.311 e. The van der Waals surface area contributed by atoms with Crippen LogP contribution in [0.3, 0.4) is 0 Å². The van der Waals surface area contributed by atoms with Gasteiger partial charge in [-0.1, -0.05) is 6.07 Å². The van der Waals surface area contributed by atoms with Crippen molar-refractivity contribution >= 4 is 11.7 Å². The van der Waals surface area contributed by atoms with Gasteiger partial charge in [0.25, 0.3) is 5.69 Å². The number of nitro benzene ring substituents is 1. The molecular weight excluding hydrogens is 296 g/mol. The van der Waals surface area contributed by atoms with Crippen molar-refractivity contribution in [2.45, 2.75) is 33.7 Å². The molecule has 1 atom stereocenters. The number of nitrogens with zero attached hydrogens (tertiary/aromatic N) is 2. The van der Waals surface area contributed by atoms with Crippen molar-refractivity contribution in [3.63, 3.8) is 0 Å². The fourth-order valence-electron chi connectivity index (χ4n) is 3.27. The molecule has 1 fully saturated rings. The van der Waals surface area contributed by atoms with Crippen LogP contribution in [0.5, 0.6) is 0 Å². The van der Waals surface area contributed by atoms with Gasteiger partial charge in [0.05, 0.1) is 17.4 Å². The maximum absolute atomic E-state index is 11.9. The normalized spacial score (nSPS) is 18.9. The first-order valence-corrected chi connectivity index (χ1v) is 7.80. The molecule has 2 rings (SSSR count). The van der Waals surface area contributed by atoms with Crippen LogP contribution in [-0.4, -0.2) is 36.0 Å². The predicted octanol–water partition coefficient (Wildman–Crippen LogP) is 2.92. The van der Waals surface area contributed by atoms with Crippen LogP contribution >= 0.6 is 0 Å². The second-order valence-corrected chi connectivity index (χ2v) is 6.81. The molecular formula is C17H24N2O4. The fraction of sp³-hybridized carbons (Fsp3) is 0.588. The van der Waals surface area contributed by atoms with Gasteiger partial charge in [-0.25, -0.2) is 0 Å². The molecule has 1 saturated heterocycles. The van der Waals surface area contributed by atoms with Crippen molar-refractivity contribution in [3.05, 3.63) is 39.4 Å². The average Bonchev–Trinajstić information content (AvgIpc) is 2.95. The largest absolute Gasteiger partial charge is 0.469 e. The van der Waals surface area contributed by atoms with Crippen LogP contribution in [0.4, 0.5) is 5.69 Å². The number of carbonyl (C=O) groups excluding carboxylic acids is 1. The van der Waals surface area contributed by atoms with Crippen molar-refractivity contribution in [1.82, 2.24) is 4.90 Å². The highest BCUT2D eigenvalue weighted by Crippen LogP contribution is 2.36. The van der Waals surface area contributed by atoms with E-state index in [0.29, 0.717) is 5.56 Å². The van der Waals surface area contributed by atoms with Gasteiger partial charge in [-0.05, 0) is 51.3 Å². The first kappa shape index (κ1) is 17.4. The van der Waals surface area contributed by atoms with Gasteiger partial charge in [0.15, 0.2) is 0 Å². The number of nitro groups is 1. The lowest BCUT2D eigenvalue weighted by atomic mass is 9.78. The van der Waals surface area contributed by atoms with Crippen molar-refractivity contribution < 1.29 is 14.5 Å². The molecule has 0 aromatic heterocycles. The predicted molar refractivity (Wildman–Crippen MR) is 87.0 cm³/mol. The van der Waals surface area contributed by atoms with Crippen LogP contribution in [0.2, 0.25) is 0 Å². The van der Waals surface area contributed by atoms with E-state index in [0.717, 1.165) is 31.6 Å². The van der Waals surface area contributed by atoms with Gasteiger partial charge in [0, 0.05) is 24.7 Å². The number of benzene rings is 1. The number of hydrogen-bond donors (Lipinski definition) is 0. The third-order valence-corrected chi connectivity index (χ3v) is 4.87. The Morgan fingerprint density at radius 1 is 1.48 bits per heavy atom. The molecule has 23 heavy (non-hydrogen) atoms. The highest BCUT2D eigenvalue weighted by molar-refractivity contribution is 5.76. The van der Waals surface area contributed by atoms with Gasteiger partial charge < -0.3 is 4.74 Å². The van der Waals surface area contributed by atoms with E-state index in [4.69, 9.17) is 4.74 Å². The number of esters is 1. The lowest BCUT2D eigenvalue weighted by molar-refractivity contribution is -0.385. The van der Waals surface area contributed by atoms with Crippen molar-refractivity contribution in [2.75, 3.05) is 20.2 Å². The molecule has 1 aromatic rings. The summed E-state index contributed by atoms with van der Waals surface area (Å²) in [7, 11) is 1.43.